The summed E-state index contributed by atoms with van der Waals surface area (Å²) >= 11 is 0. The van der Waals surface area contributed by atoms with Gasteiger partial charge in [-0.1, -0.05) is 24.3 Å². The lowest BCUT2D eigenvalue weighted by atomic mass is 9.87. The molecule has 1 aliphatic heterocycles. The molecule has 7 heteroatoms. The molecule has 0 saturated carbocycles. The Morgan fingerprint density at radius 2 is 1.84 bits per heavy atom. The summed E-state index contributed by atoms with van der Waals surface area (Å²) in [6.45, 7) is 0.805. The Morgan fingerprint density at radius 1 is 1.16 bits per heavy atom. The van der Waals surface area contributed by atoms with Gasteiger partial charge in [-0.3, -0.25) is 4.79 Å². The Labute approximate surface area is 150 Å². The summed E-state index contributed by atoms with van der Waals surface area (Å²) < 4.78 is 27.0. The molecule has 1 heterocycles. The first kappa shape index (κ1) is 18.4. The van der Waals surface area contributed by atoms with E-state index < -0.39 is 10.2 Å². The highest BCUT2D eigenvalue weighted by atomic mass is 32.2. The summed E-state index contributed by atoms with van der Waals surface area (Å²) in [7, 11) is -0.309. The van der Waals surface area contributed by atoms with Crippen LogP contribution in [0.2, 0.25) is 0 Å². The molecule has 6 nitrogen and oxygen atoms in total. The largest absolute Gasteiger partial charge is 0.349 e. The van der Waals surface area contributed by atoms with Crippen LogP contribution in [0.15, 0.2) is 24.3 Å². The number of hydrogen-bond acceptors (Lipinski definition) is 3. The predicted molar refractivity (Wildman–Crippen MR) is 97.2 cm³/mol. The fourth-order valence-electron chi connectivity index (χ4n) is 3.77. The van der Waals surface area contributed by atoms with Gasteiger partial charge in [0.2, 0.25) is 5.91 Å². The number of carbonyl (C=O) groups is 1. The van der Waals surface area contributed by atoms with Gasteiger partial charge in [0.15, 0.2) is 0 Å². The van der Waals surface area contributed by atoms with Gasteiger partial charge in [0.05, 0.1) is 6.04 Å². The molecule has 138 valence electrons. The lowest BCUT2D eigenvalue weighted by Gasteiger charge is -2.33. The number of piperidine rings is 1. The molecule has 1 aromatic rings. The maximum absolute atomic E-state index is 12.7. The summed E-state index contributed by atoms with van der Waals surface area (Å²) in [4.78, 5) is 12.7. The van der Waals surface area contributed by atoms with Crippen LogP contribution < -0.4 is 5.32 Å². The second-order valence-electron chi connectivity index (χ2n) is 7.12. The maximum atomic E-state index is 12.7. The Kier molecular flexibility index (Phi) is 5.46. The molecule has 25 heavy (non-hydrogen) atoms. The molecule has 0 spiro atoms. The van der Waals surface area contributed by atoms with E-state index in [1.54, 1.807) is 0 Å². The molecule has 0 bridgehead atoms. The number of nitrogens with one attached hydrogen (secondary N) is 1. The first-order chi connectivity index (χ1) is 11.9. The van der Waals surface area contributed by atoms with E-state index in [1.807, 2.05) is 12.1 Å². The van der Waals surface area contributed by atoms with Crippen molar-refractivity contribution in [2.45, 2.75) is 38.1 Å². The van der Waals surface area contributed by atoms with Crippen molar-refractivity contribution < 1.29 is 13.2 Å². The van der Waals surface area contributed by atoms with Crippen LogP contribution in [0.5, 0.6) is 0 Å². The van der Waals surface area contributed by atoms with Crippen LogP contribution in [-0.2, 0) is 21.4 Å². The zero-order chi connectivity index (χ0) is 18.0. The first-order valence-electron chi connectivity index (χ1n) is 8.95. The van der Waals surface area contributed by atoms with Crippen molar-refractivity contribution >= 4 is 16.1 Å². The third-order valence-corrected chi connectivity index (χ3v) is 7.24. The molecule has 3 rings (SSSR count). The zero-order valence-electron chi connectivity index (χ0n) is 14.9. The van der Waals surface area contributed by atoms with Gasteiger partial charge in [-0.15, -0.1) is 0 Å². The summed E-state index contributed by atoms with van der Waals surface area (Å²) in [6, 6.07) is 8.39. The SMILES string of the molecule is CN(C)S(=O)(=O)N1CCC(C(=O)NC2CCCc3ccccc32)CC1. The number of amides is 1. The average Bonchev–Trinajstić information content (AvgIpc) is 2.62. The van der Waals surface area contributed by atoms with Crippen molar-refractivity contribution in [1.82, 2.24) is 13.9 Å². The van der Waals surface area contributed by atoms with Gasteiger partial charge < -0.3 is 5.32 Å². The predicted octanol–water partition coefficient (Wildman–Crippen LogP) is 1.70. The van der Waals surface area contributed by atoms with E-state index in [0.29, 0.717) is 25.9 Å². The van der Waals surface area contributed by atoms with Crippen molar-refractivity contribution in [3.63, 3.8) is 0 Å². The lowest BCUT2D eigenvalue weighted by Crippen LogP contribution is -2.47. The van der Waals surface area contributed by atoms with Crippen molar-refractivity contribution in [3.8, 4) is 0 Å². The number of benzene rings is 1. The highest BCUT2D eigenvalue weighted by Crippen LogP contribution is 2.30. The lowest BCUT2D eigenvalue weighted by molar-refractivity contribution is -0.127. The minimum Gasteiger partial charge on any atom is -0.349 e. The van der Waals surface area contributed by atoms with E-state index in [2.05, 4.69) is 17.4 Å². The summed E-state index contributed by atoms with van der Waals surface area (Å²) in [5.41, 5.74) is 2.56. The zero-order valence-corrected chi connectivity index (χ0v) is 15.8. The molecule has 0 aromatic heterocycles. The van der Waals surface area contributed by atoms with E-state index in [4.69, 9.17) is 0 Å². The van der Waals surface area contributed by atoms with E-state index in [9.17, 15) is 13.2 Å². The highest BCUT2D eigenvalue weighted by Gasteiger charge is 2.33. The molecule has 2 aliphatic rings. The van der Waals surface area contributed by atoms with E-state index in [1.165, 1.54) is 33.8 Å². The number of carbonyl (C=O) groups excluding carboxylic acids is 1. The molecule has 1 amide bonds. The molecule has 1 atom stereocenters. The maximum Gasteiger partial charge on any atom is 0.281 e. The molecule has 1 fully saturated rings. The molecule has 1 unspecified atom stereocenters. The quantitative estimate of drug-likeness (QED) is 0.883. The molecule has 1 N–H and O–H groups in total. The fourth-order valence-corrected chi connectivity index (χ4v) is 4.91. The summed E-state index contributed by atoms with van der Waals surface area (Å²) in [5, 5.41) is 3.20. The van der Waals surface area contributed by atoms with Crippen LogP contribution in [-0.4, -0.2) is 50.1 Å². The number of rotatable bonds is 4. The summed E-state index contributed by atoms with van der Waals surface area (Å²) in [6.07, 6.45) is 4.28. The molecular weight excluding hydrogens is 338 g/mol. The fraction of sp³-hybridized carbons (Fsp3) is 0.611. The third kappa shape index (κ3) is 3.88. The first-order valence-corrected chi connectivity index (χ1v) is 10.3. The number of nitrogens with zero attached hydrogens (tertiary/aromatic N) is 2. The van der Waals surface area contributed by atoms with Crippen LogP contribution in [0.1, 0.15) is 42.9 Å². The third-order valence-electron chi connectivity index (χ3n) is 5.30. The van der Waals surface area contributed by atoms with Gasteiger partial charge in [-0.25, -0.2) is 0 Å². The van der Waals surface area contributed by atoms with Crippen LogP contribution in [0.4, 0.5) is 0 Å². The standard InChI is InChI=1S/C18H27N3O3S/c1-20(2)25(23,24)21-12-10-15(11-13-21)18(22)19-17-9-5-7-14-6-3-4-8-16(14)17/h3-4,6,8,15,17H,5,7,9-13H2,1-2H3,(H,19,22). The smallest absolute Gasteiger partial charge is 0.281 e. The Morgan fingerprint density at radius 3 is 2.52 bits per heavy atom. The molecule has 1 saturated heterocycles. The number of aryl methyl sites for hydroxylation is 1. The van der Waals surface area contributed by atoms with E-state index >= 15 is 0 Å². The van der Waals surface area contributed by atoms with Crippen LogP contribution in [0.3, 0.4) is 0 Å². The van der Waals surface area contributed by atoms with Crippen molar-refractivity contribution in [2.24, 2.45) is 5.92 Å². The Bertz CT molecular complexity index is 725. The van der Waals surface area contributed by atoms with Crippen molar-refractivity contribution in [1.29, 1.82) is 0 Å². The second kappa shape index (κ2) is 7.43. The number of hydrogen-bond donors (Lipinski definition) is 1. The van der Waals surface area contributed by atoms with E-state index in [-0.39, 0.29) is 17.9 Å². The normalized spacial score (nSPS) is 22.6. The molecular formula is C18H27N3O3S. The highest BCUT2D eigenvalue weighted by molar-refractivity contribution is 7.86. The van der Waals surface area contributed by atoms with Crippen LogP contribution in [0.25, 0.3) is 0 Å². The Hall–Kier alpha value is -1.44. The van der Waals surface area contributed by atoms with Gasteiger partial charge in [0.1, 0.15) is 0 Å². The monoisotopic (exact) mass is 365 g/mol. The van der Waals surface area contributed by atoms with Gasteiger partial charge >= 0.3 is 0 Å². The van der Waals surface area contributed by atoms with Gasteiger partial charge in [0, 0.05) is 33.1 Å². The molecule has 1 aromatic carbocycles. The van der Waals surface area contributed by atoms with Crippen LogP contribution >= 0.6 is 0 Å². The minimum atomic E-state index is -3.38. The molecule has 1 aliphatic carbocycles. The van der Waals surface area contributed by atoms with Gasteiger partial charge in [-0.2, -0.15) is 17.0 Å². The molecule has 0 radical (unpaired) electrons. The average molecular weight is 365 g/mol. The Balaban J connectivity index is 1.59. The van der Waals surface area contributed by atoms with Crippen molar-refractivity contribution in [3.05, 3.63) is 35.4 Å². The van der Waals surface area contributed by atoms with Gasteiger partial charge in [-0.05, 0) is 43.2 Å². The second-order valence-corrected chi connectivity index (χ2v) is 9.26. The van der Waals surface area contributed by atoms with E-state index in [0.717, 1.165) is 19.3 Å². The van der Waals surface area contributed by atoms with Crippen molar-refractivity contribution in [2.75, 3.05) is 27.2 Å². The van der Waals surface area contributed by atoms with Gasteiger partial charge in [0.25, 0.3) is 10.2 Å². The minimum absolute atomic E-state index is 0.0589. The number of fused-ring (bicyclic) bond motifs is 1. The van der Waals surface area contributed by atoms with Crippen LogP contribution in [0, 0.1) is 5.92 Å². The topological polar surface area (TPSA) is 69.7 Å². The summed E-state index contributed by atoms with van der Waals surface area (Å²) in [5.74, 6) is -0.0497.